The molecule has 2 heterocycles. The van der Waals surface area contributed by atoms with E-state index in [-0.39, 0.29) is 17.0 Å². The molecule has 1 atom stereocenters. The van der Waals surface area contributed by atoms with Gasteiger partial charge in [-0.25, -0.2) is 0 Å². The van der Waals surface area contributed by atoms with Gasteiger partial charge in [0, 0.05) is 17.4 Å². The summed E-state index contributed by atoms with van der Waals surface area (Å²) in [5.41, 5.74) is 0.554. The first-order valence-electron chi connectivity index (χ1n) is 7.83. The maximum absolute atomic E-state index is 12.3. The van der Waals surface area contributed by atoms with Crippen LogP contribution in [-0.4, -0.2) is 16.9 Å². The lowest BCUT2D eigenvalue weighted by Crippen LogP contribution is -2.17. The Hall–Kier alpha value is -1.40. The normalized spacial score (nSPS) is 17.5. The van der Waals surface area contributed by atoms with E-state index in [9.17, 15) is 9.59 Å². The van der Waals surface area contributed by atoms with Crippen molar-refractivity contribution in [2.75, 3.05) is 11.1 Å². The lowest BCUT2D eigenvalue weighted by Gasteiger charge is -2.07. The molecule has 1 fully saturated rings. The maximum Gasteiger partial charge on any atom is 0.224 e. The van der Waals surface area contributed by atoms with Crippen LogP contribution in [0.2, 0.25) is 0 Å². The molecule has 23 heavy (non-hydrogen) atoms. The highest BCUT2D eigenvalue weighted by Gasteiger charge is 2.16. The smallest absolute Gasteiger partial charge is 0.224 e. The van der Waals surface area contributed by atoms with Crippen molar-refractivity contribution in [1.29, 1.82) is 0 Å². The Morgan fingerprint density at radius 1 is 1.30 bits per heavy atom. The average Bonchev–Trinajstić information content (AvgIpc) is 3.08. The molecule has 0 aliphatic carbocycles. The van der Waals surface area contributed by atoms with Crippen LogP contribution in [0.25, 0.3) is 11.0 Å². The average molecular weight is 349 g/mol. The van der Waals surface area contributed by atoms with Gasteiger partial charge in [-0.1, -0.05) is 40.1 Å². The van der Waals surface area contributed by atoms with E-state index in [2.05, 4.69) is 5.32 Å². The third-order valence-electron chi connectivity index (χ3n) is 3.86. The number of hydrogen-bond donors (Lipinski definition) is 1. The van der Waals surface area contributed by atoms with Crippen LogP contribution in [0.3, 0.4) is 0 Å². The van der Waals surface area contributed by atoms with Crippen LogP contribution < -0.4 is 10.7 Å². The van der Waals surface area contributed by atoms with E-state index in [4.69, 9.17) is 4.42 Å². The molecule has 3 rings (SSSR count). The van der Waals surface area contributed by atoms with Gasteiger partial charge in [-0.15, -0.1) is 0 Å². The van der Waals surface area contributed by atoms with Crippen LogP contribution in [0.15, 0.2) is 39.7 Å². The van der Waals surface area contributed by atoms with Crippen LogP contribution in [0.5, 0.6) is 0 Å². The summed E-state index contributed by atoms with van der Waals surface area (Å²) in [4.78, 5) is 24.3. The van der Waals surface area contributed by atoms with Crippen molar-refractivity contribution in [2.24, 2.45) is 0 Å². The second kappa shape index (κ2) is 7.93. The third kappa shape index (κ3) is 4.32. The molecule has 1 saturated heterocycles. The molecule has 0 radical (unpaired) electrons. The highest BCUT2D eigenvalue weighted by molar-refractivity contribution is 8.77. The van der Waals surface area contributed by atoms with E-state index in [0.717, 1.165) is 18.1 Å². The Labute approximate surface area is 142 Å². The number of carbonyl (C=O) groups excluding carboxylic acids is 1. The molecule has 0 bridgehead atoms. The zero-order valence-corrected chi connectivity index (χ0v) is 14.4. The standard InChI is InChI=1S/C17H19NO3S2/c19-16(8-4-1-5-12-9-10-22-23-12)18-14-11-21-15-7-3-2-6-13(15)17(14)20/h2-3,6-7,11-12H,1,4-5,8-10H2,(H,18,19)/t12-/m1/s1. The van der Waals surface area contributed by atoms with Gasteiger partial charge in [-0.2, -0.15) is 0 Å². The summed E-state index contributed by atoms with van der Waals surface area (Å²) < 4.78 is 5.40. The molecule has 2 aromatic rings. The van der Waals surface area contributed by atoms with E-state index >= 15 is 0 Å². The molecule has 1 amide bonds. The minimum atomic E-state index is -0.195. The Kier molecular flexibility index (Phi) is 5.67. The molecule has 122 valence electrons. The van der Waals surface area contributed by atoms with E-state index in [1.807, 2.05) is 27.7 Å². The number of unbranched alkanes of at least 4 members (excludes halogenated alkanes) is 1. The van der Waals surface area contributed by atoms with E-state index < -0.39 is 0 Å². The summed E-state index contributed by atoms with van der Waals surface area (Å²) in [6, 6.07) is 7.03. The van der Waals surface area contributed by atoms with Crippen molar-refractivity contribution in [1.82, 2.24) is 0 Å². The highest BCUT2D eigenvalue weighted by atomic mass is 33.1. The van der Waals surface area contributed by atoms with Gasteiger partial charge in [-0.05, 0) is 31.4 Å². The van der Waals surface area contributed by atoms with Gasteiger partial charge >= 0.3 is 0 Å². The lowest BCUT2D eigenvalue weighted by molar-refractivity contribution is -0.116. The van der Waals surface area contributed by atoms with Gasteiger partial charge in [0.25, 0.3) is 0 Å². The van der Waals surface area contributed by atoms with Gasteiger partial charge in [0.1, 0.15) is 17.5 Å². The Bertz CT molecular complexity index is 738. The van der Waals surface area contributed by atoms with Crippen LogP contribution in [0, 0.1) is 0 Å². The molecule has 1 aliphatic heterocycles. The molecule has 1 aliphatic rings. The largest absolute Gasteiger partial charge is 0.462 e. The van der Waals surface area contributed by atoms with Gasteiger partial charge < -0.3 is 9.73 Å². The van der Waals surface area contributed by atoms with Crippen LogP contribution >= 0.6 is 21.6 Å². The molecule has 1 aromatic carbocycles. The van der Waals surface area contributed by atoms with Crippen LogP contribution in [-0.2, 0) is 4.79 Å². The Morgan fingerprint density at radius 2 is 2.17 bits per heavy atom. The zero-order valence-electron chi connectivity index (χ0n) is 12.7. The summed E-state index contributed by atoms with van der Waals surface area (Å²) in [5, 5.41) is 3.91. The predicted molar refractivity (Wildman–Crippen MR) is 98.0 cm³/mol. The molecule has 0 unspecified atom stereocenters. The fraction of sp³-hybridized carbons (Fsp3) is 0.412. The number of fused-ring (bicyclic) bond motifs is 1. The fourth-order valence-corrected chi connectivity index (χ4v) is 5.63. The summed E-state index contributed by atoms with van der Waals surface area (Å²) >= 11 is 0. The van der Waals surface area contributed by atoms with Crippen molar-refractivity contribution in [3.05, 3.63) is 40.8 Å². The molecule has 4 nitrogen and oxygen atoms in total. The van der Waals surface area contributed by atoms with Gasteiger partial charge in [-0.3, -0.25) is 9.59 Å². The summed E-state index contributed by atoms with van der Waals surface area (Å²) in [5.74, 6) is 1.12. The number of benzene rings is 1. The third-order valence-corrected chi connectivity index (χ3v) is 6.87. The first kappa shape index (κ1) is 16.5. The number of nitrogens with one attached hydrogen (secondary N) is 1. The highest BCUT2D eigenvalue weighted by Crippen LogP contribution is 2.39. The van der Waals surface area contributed by atoms with Crippen molar-refractivity contribution >= 4 is 44.2 Å². The fourth-order valence-electron chi connectivity index (χ4n) is 2.60. The molecular weight excluding hydrogens is 330 g/mol. The first-order chi connectivity index (χ1) is 11.2. The maximum atomic E-state index is 12.3. The summed E-state index contributed by atoms with van der Waals surface area (Å²) in [6.07, 6.45) is 6.12. The number of para-hydroxylation sites is 1. The van der Waals surface area contributed by atoms with E-state index in [1.165, 1.54) is 24.9 Å². The zero-order chi connectivity index (χ0) is 16.1. The lowest BCUT2D eigenvalue weighted by atomic mass is 10.1. The number of hydrogen-bond acceptors (Lipinski definition) is 5. The number of amides is 1. The molecule has 1 aromatic heterocycles. The monoisotopic (exact) mass is 349 g/mol. The SMILES string of the molecule is O=C(CCCC[C@@H]1CCSS1)Nc1coc2ccccc2c1=O. The van der Waals surface area contributed by atoms with Gasteiger partial charge in [0.15, 0.2) is 0 Å². The Morgan fingerprint density at radius 3 is 3.00 bits per heavy atom. The van der Waals surface area contributed by atoms with Crippen molar-refractivity contribution < 1.29 is 9.21 Å². The second-order valence-electron chi connectivity index (χ2n) is 5.60. The molecule has 1 N–H and O–H groups in total. The van der Waals surface area contributed by atoms with Gasteiger partial charge in [0.2, 0.25) is 11.3 Å². The van der Waals surface area contributed by atoms with Crippen LogP contribution in [0.1, 0.15) is 32.1 Å². The summed E-state index contributed by atoms with van der Waals surface area (Å²) in [7, 11) is 3.91. The predicted octanol–water partition coefficient (Wildman–Crippen LogP) is 4.45. The number of rotatable bonds is 6. The summed E-state index contributed by atoms with van der Waals surface area (Å²) in [6.45, 7) is 0. The van der Waals surface area contributed by atoms with Crippen LogP contribution in [0.4, 0.5) is 5.69 Å². The topological polar surface area (TPSA) is 59.3 Å². The van der Waals surface area contributed by atoms with E-state index in [0.29, 0.717) is 17.4 Å². The molecular formula is C17H19NO3S2. The minimum Gasteiger partial charge on any atom is -0.462 e. The van der Waals surface area contributed by atoms with Crippen molar-refractivity contribution in [2.45, 2.75) is 37.4 Å². The second-order valence-corrected chi connectivity index (χ2v) is 8.39. The van der Waals surface area contributed by atoms with Gasteiger partial charge in [0.05, 0.1) is 5.39 Å². The quantitative estimate of drug-likeness (QED) is 0.617. The van der Waals surface area contributed by atoms with Crippen molar-refractivity contribution in [3.63, 3.8) is 0 Å². The number of carbonyl (C=O) groups is 1. The molecule has 0 spiro atoms. The molecule has 6 heteroatoms. The minimum absolute atomic E-state index is 0.124. The number of anilines is 1. The molecule has 0 saturated carbocycles. The van der Waals surface area contributed by atoms with E-state index in [1.54, 1.807) is 18.2 Å². The first-order valence-corrected chi connectivity index (χ1v) is 10.2. The van der Waals surface area contributed by atoms with Crippen molar-refractivity contribution in [3.8, 4) is 0 Å². The Balaban J connectivity index is 1.51.